The van der Waals surface area contributed by atoms with E-state index < -0.39 is 0 Å². The number of carbonyl (C=O) groups is 1. The van der Waals surface area contributed by atoms with Crippen LogP contribution in [0.1, 0.15) is 31.6 Å². The Bertz CT molecular complexity index is 669. The number of aryl methyl sites for hydroxylation is 1. The standard InChI is InChI=1S/C16H22N4OS/c1-3-13-7-14-15(18-10-19-16(14)22-13)20-6-4-5-12(9-20)8-17-11(2)21/h7,10,12H,3-6,8-9H2,1-2H3,(H,17,21). The van der Waals surface area contributed by atoms with E-state index in [1.807, 2.05) is 0 Å². The Morgan fingerprint density at radius 1 is 1.50 bits per heavy atom. The highest BCUT2D eigenvalue weighted by Crippen LogP contribution is 2.32. The molecule has 1 amide bonds. The average Bonchev–Trinajstić information content (AvgIpc) is 2.96. The molecule has 118 valence electrons. The third kappa shape index (κ3) is 3.21. The predicted molar refractivity (Wildman–Crippen MR) is 90.4 cm³/mol. The van der Waals surface area contributed by atoms with Gasteiger partial charge in [-0.25, -0.2) is 9.97 Å². The molecule has 0 spiro atoms. The lowest BCUT2D eigenvalue weighted by Gasteiger charge is -2.33. The van der Waals surface area contributed by atoms with Crippen molar-refractivity contribution in [1.82, 2.24) is 15.3 Å². The van der Waals surface area contributed by atoms with E-state index in [9.17, 15) is 4.79 Å². The summed E-state index contributed by atoms with van der Waals surface area (Å²) >= 11 is 1.76. The van der Waals surface area contributed by atoms with E-state index in [4.69, 9.17) is 0 Å². The summed E-state index contributed by atoms with van der Waals surface area (Å²) in [7, 11) is 0. The molecule has 5 nitrogen and oxygen atoms in total. The van der Waals surface area contributed by atoms with Gasteiger partial charge in [0.1, 0.15) is 17.0 Å². The Morgan fingerprint density at radius 2 is 2.36 bits per heavy atom. The van der Waals surface area contributed by atoms with E-state index in [-0.39, 0.29) is 5.91 Å². The van der Waals surface area contributed by atoms with E-state index in [0.29, 0.717) is 5.92 Å². The fourth-order valence-electron chi connectivity index (χ4n) is 3.03. The molecule has 1 atom stereocenters. The lowest BCUT2D eigenvalue weighted by atomic mass is 9.98. The predicted octanol–water partition coefficient (Wildman–Crippen LogP) is 2.61. The first-order valence-electron chi connectivity index (χ1n) is 7.90. The Hall–Kier alpha value is -1.69. The molecule has 1 saturated heterocycles. The first-order valence-corrected chi connectivity index (χ1v) is 8.71. The number of fused-ring (bicyclic) bond motifs is 1. The molecule has 1 aliphatic heterocycles. The van der Waals surface area contributed by atoms with Gasteiger partial charge >= 0.3 is 0 Å². The van der Waals surface area contributed by atoms with E-state index in [1.165, 1.54) is 10.3 Å². The lowest BCUT2D eigenvalue weighted by Crippen LogP contribution is -2.41. The van der Waals surface area contributed by atoms with Crippen molar-refractivity contribution in [1.29, 1.82) is 0 Å². The highest BCUT2D eigenvalue weighted by Gasteiger charge is 2.23. The monoisotopic (exact) mass is 318 g/mol. The maximum atomic E-state index is 11.1. The van der Waals surface area contributed by atoms with Crippen LogP contribution in [0.2, 0.25) is 0 Å². The van der Waals surface area contributed by atoms with Crippen LogP contribution in [0.25, 0.3) is 10.2 Å². The van der Waals surface area contributed by atoms with Crippen molar-refractivity contribution in [2.24, 2.45) is 5.92 Å². The van der Waals surface area contributed by atoms with Gasteiger partial charge in [-0.05, 0) is 31.2 Å². The van der Waals surface area contributed by atoms with Crippen LogP contribution in [0, 0.1) is 5.92 Å². The van der Waals surface area contributed by atoms with Crippen molar-refractivity contribution >= 4 is 33.3 Å². The van der Waals surface area contributed by atoms with E-state index in [2.05, 4.69) is 33.2 Å². The minimum Gasteiger partial charge on any atom is -0.356 e. The second-order valence-electron chi connectivity index (χ2n) is 5.87. The van der Waals surface area contributed by atoms with Gasteiger partial charge in [0.25, 0.3) is 0 Å². The number of hydrogen-bond donors (Lipinski definition) is 1. The second-order valence-corrected chi connectivity index (χ2v) is 6.99. The van der Waals surface area contributed by atoms with E-state index >= 15 is 0 Å². The van der Waals surface area contributed by atoms with Gasteiger partial charge in [-0.1, -0.05) is 6.92 Å². The molecule has 3 rings (SSSR count). The molecule has 1 aliphatic rings. The summed E-state index contributed by atoms with van der Waals surface area (Å²) in [6.07, 6.45) is 5.01. The molecule has 1 unspecified atom stereocenters. The number of rotatable bonds is 4. The Labute approximate surface area is 134 Å². The second kappa shape index (κ2) is 6.60. The van der Waals surface area contributed by atoms with Crippen molar-refractivity contribution < 1.29 is 4.79 Å². The largest absolute Gasteiger partial charge is 0.356 e. The van der Waals surface area contributed by atoms with Gasteiger partial charge in [-0.3, -0.25) is 4.79 Å². The summed E-state index contributed by atoms with van der Waals surface area (Å²) in [6, 6.07) is 2.23. The van der Waals surface area contributed by atoms with Crippen LogP contribution in [-0.4, -0.2) is 35.5 Å². The first kappa shape index (κ1) is 15.2. The molecule has 6 heteroatoms. The molecule has 0 radical (unpaired) electrons. The van der Waals surface area contributed by atoms with Gasteiger partial charge in [0.05, 0.1) is 5.39 Å². The maximum Gasteiger partial charge on any atom is 0.216 e. The van der Waals surface area contributed by atoms with Gasteiger partial charge < -0.3 is 10.2 Å². The highest BCUT2D eigenvalue weighted by atomic mass is 32.1. The molecular weight excluding hydrogens is 296 g/mol. The van der Waals surface area contributed by atoms with E-state index in [0.717, 1.165) is 49.5 Å². The third-order valence-corrected chi connectivity index (χ3v) is 5.35. The topological polar surface area (TPSA) is 58.1 Å². The van der Waals surface area contributed by atoms with Crippen LogP contribution < -0.4 is 10.2 Å². The average molecular weight is 318 g/mol. The highest BCUT2D eigenvalue weighted by molar-refractivity contribution is 7.18. The van der Waals surface area contributed by atoms with Gasteiger partial charge in [-0.15, -0.1) is 11.3 Å². The Balaban J connectivity index is 1.81. The summed E-state index contributed by atoms with van der Waals surface area (Å²) in [4.78, 5) is 24.8. The number of nitrogens with one attached hydrogen (secondary N) is 1. The normalized spacial score (nSPS) is 18.6. The number of hydrogen-bond acceptors (Lipinski definition) is 5. The number of carbonyl (C=O) groups excluding carboxylic acids is 1. The van der Waals surface area contributed by atoms with Crippen LogP contribution >= 0.6 is 11.3 Å². The first-order chi connectivity index (χ1) is 10.7. The van der Waals surface area contributed by atoms with Crippen LogP contribution in [0.4, 0.5) is 5.82 Å². The zero-order valence-corrected chi connectivity index (χ0v) is 13.9. The zero-order valence-electron chi connectivity index (χ0n) is 13.1. The number of thiophene rings is 1. The van der Waals surface area contributed by atoms with Crippen molar-refractivity contribution in [3.05, 3.63) is 17.3 Å². The number of amides is 1. The Morgan fingerprint density at radius 3 is 3.14 bits per heavy atom. The van der Waals surface area contributed by atoms with Crippen molar-refractivity contribution in [2.45, 2.75) is 33.1 Å². The number of anilines is 1. The Kier molecular flexibility index (Phi) is 4.57. The smallest absolute Gasteiger partial charge is 0.216 e. The molecule has 0 aromatic carbocycles. The quantitative estimate of drug-likeness (QED) is 0.941. The van der Waals surface area contributed by atoms with Gasteiger partial charge in [0, 0.05) is 31.4 Å². The van der Waals surface area contributed by atoms with Crippen LogP contribution in [-0.2, 0) is 11.2 Å². The number of piperidine rings is 1. The van der Waals surface area contributed by atoms with Gasteiger partial charge in [0.2, 0.25) is 5.91 Å². The molecular formula is C16H22N4OS. The zero-order chi connectivity index (χ0) is 15.5. The van der Waals surface area contributed by atoms with Crippen LogP contribution in [0.15, 0.2) is 12.4 Å². The minimum absolute atomic E-state index is 0.0481. The molecule has 0 bridgehead atoms. The lowest BCUT2D eigenvalue weighted by molar-refractivity contribution is -0.119. The maximum absolute atomic E-state index is 11.1. The molecule has 2 aromatic rings. The van der Waals surface area contributed by atoms with Gasteiger partial charge in [0.15, 0.2) is 0 Å². The number of aromatic nitrogens is 2. The summed E-state index contributed by atoms with van der Waals surface area (Å²) < 4.78 is 0. The molecule has 3 heterocycles. The van der Waals surface area contributed by atoms with Crippen LogP contribution in [0.3, 0.4) is 0 Å². The summed E-state index contributed by atoms with van der Waals surface area (Å²) in [5.74, 6) is 1.59. The van der Waals surface area contributed by atoms with Crippen molar-refractivity contribution in [2.75, 3.05) is 24.5 Å². The molecule has 0 aliphatic carbocycles. The molecule has 2 aromatic heterocycles. The summed E-state index contributed by atoms with van der Waals surface area (Å²) in [5, 5.41) is 4.11. The van der Waals surface area contributed by atoms with E-state index in [1.54, 1.807) is 24.6 Å². The number of nitrogens with zero attached hydrogens (tertiary/aromatic N) is 3. The molecule has 1 N–H and O–H groups in total. The SMILES string of the molecule is CCc1cc2c(N3CCCC(CNC(C)=O)C3)ncnc2s1. The summed E-state index contributed by atoms with van der Waals surface area (Å²) in [6.45, 7) is 6.47. The van der Waals surface area contributed by atoms with Crippen molar-refractivity contribution in [3.8, 4) is 0 Å². The fraction of sp³-hybridized carbons (Fsp3) is 0.562. The molecule has 1 fully saturated rings. The van der Waals surface area contributed by atoms with Gasteiger partial charge in [-0.2, -0.15) is 0 Å². The minimum atomic E-state index is 0.0481. The summed E-state index contributed by atoms with van der Waals surface area (Å²) in [5.41, 5.74) is 0. The molecule has 0 saturated carbocycles. The third-order valence-electron chi connectivity index (χ3n) is 4.17. The fourth-order valence-corrected chi connectivity index (χ4v) is 3.96. The van der Waals surface area contributed by atoms with Crippen LogP contribution in [0.5, 0.6) is 0 Å². The van der Waals surface area contributed by atoms with Crippen molar-refractivity contribution in [3.63, 3.8) is 0 Å². The molecule has 22 heavy (non-hydrogen) atoms.